The number of rotatable bonds is 4. The molecule has 0 aliphatic carbocycles. The molecule has 0 aromatic carbocycles. The predicted octanol–water partition coefficient (Wildman–Crippen LogP) is 6.50. The summed E-state index contributed by atoms with van der Waals surface area (Å²) in [6, 6.07) is 0. The maximum atomic E-state index is 2.66. The summed E-state index contributed by atoms with van der Waals surface area (Å²) in [5.41, 5.74) is 0. The van der Waals surface area contributed by atoms with Crippen LogP contribution in [-0.2, 0) is 0 Å². The van der Waals surface area contributed by atoms with Gasteiger partial charge in [-0.05, 0) is 12.8 Å². The first kappa shape index (κ1) is 20.3. The highest BCUT2D eigenvalue weighted by Crippen LogP contribution is 2.63. The van der Waals surface area contributed by atoms with Crippen molar-refractivity contribution in [2.45, 2.75) is 99.4 Å². The number of hydrogen-bond acceptors (Lipinski definition) is 1. The van der Waals surface area contributed by atoms with Gasteiger partial charge in [-0.2, -0.15) is 11.8 Å². The van der Waals surface area contributed by atoms with Crippen LogP contribution in [0.25, 0.3) is 0 Å². The minimum Gasteiger partial charge on any atom is -0.161 e. The van der Waals surface area contributed by atoms with Gasteiger partial charge in [-0.15, -0.1) is 0 Å². The summed E-state index contributed by atoms with van der Waals surface area (Å²) in [6.07, 6.45) is 3.05. The van der Waals surface area contributed by atoms with Crippen molar-refractivity contribution in [3.8, 4) is 0 Å². The molecule has 0 nitrogen and oxygen atoms in total. The second-order valence-electron chi connectivity index (χ2n) is 11.3. The highest BCUT2D eigenvalue weighted by atomic mass is 32.2. The van der Waals surface area contributed by atoms with Gasteiger partial charge in [-0.3, -0.25) is 0 Å². The van der Waals surface area contributed by atoms with Crippen molar-refractivity contribution in [1.29, 1.82) is 0 Å². The fourth-order valence-electron chi connectivity index (χ4n) is 5.11. The minimum atomic E-state index is -1.19. The molecule has 1 aliphatic heterocycles. The number of hydrogen-bond donors (Lipinski definition) is 0. The fourth-order valence-corrected chi connectivity index (χ4v) is 35.8. The number of thioether (sulfide) groups is 1. The van der Waals surface area contributed by atoms with Crippen molar-refractivity contribution in [3.05, 3.63) is 0 Å². The maximum Gasteiger partial charge on any atom is 0.0591 e. The van der Waals surface area contributed by atoms with E-state index < -0.39 is 32.3 Å². The van der Waals surface area contributed by atoms with Crippen LogP contribution in [0, 0.1) is 0 Å². The molecule has 0 aromatic rings. The van der Waals surface area contributed by atoms with E-state index in [1.165, 1.54) is 12.8 Å². The van der Waals surface area contributed by atoms with Crippen LogP contribution < -0.4 is 0 Å². The van der Waals surface area contributed by atoms with E-state index in [1.807, 2.05) is 0 Å². The molecule has 0 bridgehead atoms. The zero-order valence-electron chi connectivity index (χ0n) is 16.8. The molecule has 0 spiro atoms. The van der Waals surface area contributed by atoms with E-state index in [4.69, 9.17) is 0 Å². The summed E-state index contributed by atoms with van der Waals surface area (Å²) in [7, 11) is -4.75. The molecule has 0 radical (unpaired) electrons. The first-order valence-corrected chi connectivity index (χ1v) is 23.4. The molecule has 1 aliphatic rings. The van der Waals surface area contributed by atoms with Crippen molar-refractivity contribution in [2.24, 2.45) is 0 Å². The predicted molar refractivity (Wildman–Crippen MR) is 116 cm³/mol. The second kappa shape index (κ2) is 5.36. The zero-order valence-corrected chi connectivity index (χ0v) is 21.6. The lowest BCUT2D eigenvalue weighted by Gasteiger charge is -2.55. The lowest BCUT2D eigenvalue weighted by Crippen LogP contribution is -2.67. The van der Waals surface area contributed by atoms with E-state index in [9.17, 15) is 0 Å². The Balaban J connectivity index is 3.49. The Bertz CT molecular complexity index is 324. The maximum absolute atomic E-state index is 2.66. The lowest BCUT2D eigenvalue weighted by molar-refractivity contribution is 0.775. The molecular formula is C16H40SSi4. The summed E-state index contributed by atoms with van der Waals surface area (Å²) >= 11 is 2.58. The van der Waals surface area contributed by atoms with Crippen LogP contribution in [0.1, 0.15) is 12.8 Å². The zero-order chi connectivity index (χ0) is 17.1. The van der Waals surface area contributed by atoms with Gasteiger partial charge in [-0.25, -0.2) is 0 Å². The molecule has 1 fully saturated rings. The molecule has 1 rings (SSSR count). The molecule has 0 amide bonds. The van der Waals surface area contributed by atoms with E-state index >= 15 is 0 Å². The van der Waals surface area contributed by atoms with Crippen molar-refractivity contribution < 1.29 is 0 Å². The van der Waals surface area contributed by atoms with Gasteiger partial charge in [-0.1, -0.05) is 78.6 Å². The van der Waals surface area contributed by atoms with Crippen LogP contribution in [0.3, 0.4) is 0 Å². The van der Waals surface area contributed by atoms with Gasteiger partial charge < -0.3 is 0 Å². The van der Waals surface area contributed by atoms with Crippen LogP contribution in [0.2, 0.25) is 78.6 Å². The Morgan fingerprint density at radius 2 is 0.667 bits per heavy atom. The smallest absolute Gasteiger partial charge is 0.0591 e. The first-order chi connectivity index (χ1) is 8.91. The summed E-state index contributed by atoms with van der Waals surface area (Å²) in [5.74, 6) is 0. The molecule has 0 unspecified atom stereocenters. The van der Waals surface area contributed by atoms with Gasteiger partial charge >= 0.3 is 0 Å². The van der Waals surface area contributed by atoms with Crippen LogP contribution in [0.15, 0.2) is 0 Å². The van der Waals surface area contributed by atoms with Crippen LogP contribution >= 0.6 is 11.8 Å². The van der Waals surface area contributed by atoms with Crippen molar-refractivity contribution in [2.75, 3.05) is 0 Å². The molecule has 5 heteroatoms. The molecule has 0 atom stereocenters. The average molecular weight is 377 g/mol. The molecule has 126 valence electrons. The van der Waals surface area contributed by atoms with E-state index in [0.717, 1.165) is 0 Å². The van der Waals surface area contributed by atoms with E-state index in [1.54, 1.807) is 0 Å². The average Bonchev–Trinajstić information content (AvgIpc) is 2.54. The molecular weight excluding hydrogens is 337 g/mol. The van der Waals surface area contributed by atoms with Crippen molar-refractivity contribution in [1.82, 2.24) is 0 Å². The monoisotopic (exact) mass is 376 g/mol. The van der Waals surface area contributed by atoms with Gasteiger partial charge in [0.1, 0.15) is 0 Å². The van der Waals surface area contributed by atoms with Gasteiger partial charge in [0.15, 0.2) is 0 Å². The summed E-state index contributed by atoms with van der Waals surface area (Å²) in [4.78, 5) is 0. The minimum absolute atomic E-state index is 0.681. The summed E-state index contributed by atoms with van der Waals surface area (Å²) < 4.78 is 1.36. The highest BCUT2D eigenvalue weighted by molar-refractivity contribution is 8.09. The Labute approximate surface area is 143 Å². The van der Waals surface area contributed by atoms with Gasteiger partial charge in [0.05, 0.1) is 32.3 Å². The first-order valence-electron chi connectivity index (χ1n) is 8.62. The Morgan fingerprint density at radius 1 is 0.476 bits per heavy atom. The highest BCUT2D eigenvalue weighted by Gasteiger charge is 2.66. The summed E-state index contributed by atoms with van der Waals surface area (Å²) in [6.45, 7) is 31.9. The molecule has 21 heavy (non-hydrogen) atoms. The van der Waals surface area contributed by atoms with E-state index in [0.29, 0.717) is 7.99 Å². The lowest BCUT2D eigenvalue weighted by atomic mass is 10.4. The molecule has 1 saturated heterocycles. The van der Waals surface area contributed by atoms with Gasteiger partial charge in [0.25, 0.3) is 0 Å². The van der Waals surface area contributed by atoms with Crippen molar-refractivity contribution >= 4 is 44.1 Å². The SMILES string of the molecule is C[Si](C)(C)C1([Si](C)(C)C)CCC([Si](C)(C)C)([Si](C)(C)C)S1. The molecule has 0 saturated carbocycles. The Morgan fingerprint density at radius 3 is 0.762 bits per heavy atom. The topological polar surface area (TPSA) is 0 Å². The summed E-state index contributed by atoms with van der Waals surface area (Å²) in [5, 5.41) is 0. The fraction of sp³-hybridized carbons (Fsp3) is 1.00. The van der Waals surface area contributed by atoms with Crippen molar-refractivity contribution in [3.63, 3.8) is 0 Å². The quantitative estimate of drug-likeness (QED) is 0.504. The molecule has 0 aromatic heterocycles. The van der Waals surface area contributed by atoms with E-state index in [-0.39, 0.29) is 0 Å². The van der Waals surface area contributed by atoms with Crippen LogP contribution in [0.5, 0.6) is 0 Å². The third-order valence-electron chi connectivity index (χ3n) is 6.02. The van der Waals surface area contributed by atoms with Crippen LogP contribution in [-0.4, -0.2) is 40.3 Å². The molecule has 1 heterocycles. The van der Waals surface area contributed by atoms with Crippen LogP contribution in [0.4, 0.5) is 0 Å². The van der Waals surface area contributed by atoms with E-state index in [2.05, 4.69) is 90.3 Å². The van der Waals surface area contributed by atoms with Gasteiger partial charge in [0.2, 0.25) is 0 Å². The van der Waals surface area contributed by atoms with Gasteiger partial charge in [0, 0.05) is 7.99 Å². The standard InChI is InChI=1S/C16H40SSi4/c1-18(2,3)15(19(4,5)6)13-14-16(17-15,20(7,8)9)21(10,11)12/h13-14H2,1-12H3. The second-order valence-corrected chi connectivity index (χ2v) is 36.7. The largest absolute Gasteiger partial charge is 0.161 e. The Hall–Kier alpha value is 1.22. The normalized spacial score (nSPS) is 23.4. The third-order valence-corrected chi connectivity index (χ3v) is 35.4. The third kappa shape index (κ3) is 3.11. The Kier molecular flexibility index (Phi) is 5.17. The molecule has 0 N–H and O–H groups in total.